The third-order valence-corrected chi connectivity index (χ3v) is 7.05. The highest BCUT2D eigenvalue weighted by Crippen LogP contribution is 2.47. The minimum atomic E-state index is -0.717. The van der Waals surface area contributed by atoms with E-state index in [1.807, 2.05) is 24.3 Å². The summed E-state index contributed by atoms with van der Waals surface area (Å²) in [6.07, 6.45) is 7.92. The highest BCUT2D eigenvalue weighted by Gasteiger charge is 2.42. The van der Waals surface area contributed by atoms with Gasteiger partial charge in [0.1, 0.15) is 11.6 Å². The topological polar surface area (TPSA) is 110 Å². The predicted octanol–water partition coefficient (Wildman–Crippen LogP) is 3.81. The molecule has 37 heavy (non-hydrogen) atoms. The smallest absolute Gasteiger partial charge is 0.329 e. The van der Waals surface area contributed by atoms with Gasteiger partial charge in [-0.15, -0.1) is 0 Å². The number of H-pyrrole nitrogens is 1. The number of carbonyl (C=O) groups excluding carboxylic acids is 2. The highest BCUT2D eigenvalue weighted by atomic mass is 16.5. The number of carbonyl (C=O) groups is 2. The number of rotatable bonds is 4. The molecule has 8 heteroatoms. The van der Waals surface area contributed by atoms with Crippen LogP contribution in [0.3, 0.4) is 0 Å². The zero-order valence-corrected chi connectivity index (χ0v) is 20.0. The van der Waals surface area contributed by atoms with Crippen molar-refractivity contribution in [3.63, 3.8) is 0 Å². The molecule has 6 rings (SSSR count). The van der Waals surface area contributed by atoms with Crippen LogP contribution in [0.4, 0.5) is 5.82 Å². The van der Waals surface area contributed by atoms with E-state index in [-0.39, 0.29) is 23.7 Å². The van der Waals surface area contributed by atoms with E-state index >= 15 is 0 Å². The first-order valence-corrected chi connectivity index (χ1v) is 12.1. The van der Waals surface area contributed by atoms with Gasteiger partial charge in [-0.1, -0.05) is 60.2 Å². The van der Waals surface area contributed by atoms with Gasteiger partial charge in [0.25, 0.3) is 5.56 Å². The Morgan fingerprint density at radius 2 is 1.81 bits per heavy atom. The van der Waals surface area contributed by atoms with Crippen LogP contribution >= 0.6 is 0 Å². The molecule has 2 N–H and O–H groups in total. The highest BCUT2D eigenvalue weighted by molar-refractivity contribution is 6.23. The first kappa shape index (κ1) is 22.7. The van der Waals surface area contributed by atoms with E-state index in [9.17, 15) is 19.2 Å². The molecule has 0 amide bonds. The van der Waals surface area contributed by atoms with Crippen molar-refractivity contribution in [3.8, 4) is 5.75 Å². The second-order valence-corrected chi connectivity index (χ2v) is 9.31. The van der Waals surface area contributed by atoms with E-state index in [0.29, 0.717) is 34.0 Å². The molecule has 184 valence electrons. The third kappa shape index (κ3) is 3.78. The van der Waals surface area contributed by atoms with Crippen LogP contribution in [0.5, 0.6) is 5.75 Å². The maximum Gasteiger partial charge on any atom is 0.329 e. The van der Waals surface area contributed by atoms with Gasteiger partial charge in [0.2, 0.25) is 0 Å². The Morgan fingerprint density at radius 3 is 2.54 bits per heavy atom. The van der Waals surface area contributed by atoms with E-state index in [4.69, 9.17) is 4.74 Å². The summed E-state index contributed by atoms with van der Waals surface area (Å²) in [6.45, 7) is 0. The summed E-state index contributed by atoms with van der Waals surface area (Å²) < 4.78 is 6.87. The molecule has 0 saturated carbocycles. The Morgan fingerprint density at radius 1 is 1.05 bits per heavy atom. The Labute approximate surface area is 211 Å². The van der Waals surface area contributed by atoms with Gasteiger partial charge in [-0.2, -0.15) is 0 Å². The number of benzene rings is 2. The summed E-state index contributed by atoms with van der Waals surface area (Å²) in [5.74, 6) is -0.524. The van der Waals surface area contributed by atoms with Crippen LogP contribution in [0.2, 0.25) is 0 Å². The monoisotopic (exact) mass is 493 g/mol. The van der Waals surface area contributed by atoms with Crippen molar-refractivity contribution in [2.24, 2.45) is 7.05 Å². The standard InChI is InChI=1S/C29H23N3O5/c1-32-27-24(28(35)31-29(32)36)22(23-25(30-27)19-9-5-6-10-20(19)26(23)34)17-11-13-18(14-12-17)37-21(33)15-16-7-3-2-4-8-16/h2-3,5-7,9-14,22,30H,4,8,15H2,1H3,(H,31,35,36). The molecule has 1 aliphatic heterocycles. The number of allylic oxidation sites excluding steroid dienone is 4. The molecule has 3 aromatic rings. The summed E-state index contributed by atoms with van der Waals surface area (Å²) in [7, 11) is 1.56. The van der Waals surface area contributed by atoms with Gasteiger partial charge in [0.05, 0.1) is 17.7 Å². The van der Waals surface area contributed by atoms with Crippen LogP contribution in [-0.2, 0) is 11.8 Å². The van der Waals surface area contributed by atoms with Crippen LogP contribution in [-0.4, -0.2) is 21.3 Å². The van der Waals surface area contributed by atoms with Gasteiger partial charge in [-0.25, -0.2) is 4.79 Å². The van der Waals surface area contributed by atoms with Gasteiger partial charge in [-0.3, -0.25) is 23.9 Å². The number of esters is 1. The third-order valence-electron chi connectivity index (χ3n) is 7.05. The average Bonchev–Trinajstić information content (AvgIpc) is 3.19. The first-order valence-electron chi connectivity index (χ1n) is 12.1. The van der Waals surface area contributed by atoms with Crippen LogP contribution < -0.4 is 21.3 Å². The molecule has 2 aromatic carbocycles. The largest absolute Gasteiger partial charge is 0.426 e. The normalized spacial score (nSPS) is 17.5. The lowest BCUT2D eigenvalue weighted by Gasteiger charge is -2.29. The molecule has 0 radical (unpaired) electrons. The van der Waals surface area contributed by atoms with E-state index in [2.05, 4.69) is 16.4 Å². The van der Waals surface area contributed by atoms with Crippen LogP contribution in [0.15, 0.2) is 87.5 Å². The Kier molecular flexibility index (Phi) is 5.37. The number of anilines is 1. The van der Waals surface area contributed by atoms with Crippen LogP contribution in [0.25, 0.3) is 5.70 Å². The van der Waals surface area contributed by atoms with Crippen molar-refractivity contribution in [3.05, 3.63) is 121 Å². The molecule has 1 unspecified atom stereocenters. The van der Waals surface area contributed by atoms with Gasteiger partial charge < -0.3 is 10.1 Å². The lowest BCUT2D eigenvalue weighted by atomic mass is 9.81. The van der Waals surface area contributed by atoms with E-state index in [0.717, 1.165) is 24.0 Å². The number of fused-ring (bicyclic) bond motifs is 3. The van der Waals surface area contributed by atoms with Crippen LogP contribution in [0, 0.1) is 0 Å². The average molecular weight is 494 g/mol. The van der Waals surface area contributed by atoms with E-state index < -0.39 is 17.2 Å². The molecule has 1 aromatic heterocycles. The number of hydrogen-bond donors (Lipinski definition) is 2. The molecule has 2 heterocycles. The fourth-order valence-electron chi connectivity index (χ4n) is 5.25. The second-order valence-electron chi connectivity index (χ2n) is 9.31. The lowest BCUT2D eigenvalue weighted by molar-refractivity contribution is -0.133. The lowest BCUT2D eigenvalue weighted by Crippen LogP contribution is -2.37. The number of nitrogens with zero attached hydrogens (tertiary/aromatic N) is 1. The Bertz CT molecular complexity index is 1690. The minimum absolute atomic E-state index is 0.174. The molecule has 2 aliphatic carbocycles. The summed E-state index contributed by atoms with van der Waals surface area (Å²) in [4.78, 5) is 53.8. The number of hydrogen-bond acceptors (Lipinski definition) is 6. The number of ketones is 1. The molecular formula is C29H23N3O5. The fourth-order valence-corrected chi connectivity index (χ4v) is 5.25. The van der Waals surface area contributed by atoms with Gasteiger partial charge in [-0.05, 0) is 30.5 Å². The van der Waals surface area contributed by atoms with E-state index in [1.165, 1.54) is 4.57 Å². The number of aromatic nitrogens is 2. The van der Waals surface area contributed by atoms with Crippen molar-refractivity contribution < 1.29 is 14.3 Å². The van der Waals surface area contributed by atoms with Gasteiger partial charge >= 0.3 is 11.7 Å². The number of aromatic amines is 1. The predicted molar refractivity (Wildman–Crippen MR) is 139 cm³/mol. The Balaban J connectivity index is 1.39. The van der Waals surface area contributed by atoms with Crippen molar-refractivity contribution in [2.75, 3.05) is 5.32 Å². The quantitative estimate of drug-likeness (QED) is 0.423. The molecule has 0 spiro atoms. The Hall–Kier alpha value is -4.72. The minimum Gasteiger partial charge on any atom is -0.426 e. The maximum absolute atomic E-state index is 13.5. The summed E-state index contributed by atoms with van der Waals surface area (Å²) >= 11 is 0. The zero-order valence-electron chi connectivity index (χ0n) is 20.0. The van der Waals surface area contributed by atoms with Crippen molar-refractivity contribution in [1.29, 1.82) is 0 Å². The second kappa shape index (κ2) is 8.74. The molecule has 8 nitrogen and oxygen atoms in total. The number of ether oxygens (including phenoxy) is 1. The van der Waals surface area contributed by atoms with Gasteiger partial charge in [0.15, 0.2) is 5.78 Å². The van der Waals surface area contributed by atoms with Gasteiger partial charge in [0, 0.05) is 29.7 Å². The SMILES string of the molecule is Cn1c2c(c(=O)[nH]c1=O)C(c1ccc(OC(=O)CC3=CC=CCC3)cc1)C1=C(N2)c2ccccc2C1=O. The number of Topliss-reactive ketones (excluding diaryl/α,β-unsaturated/α-hetero) is 1. The number of nitrogens with one attached hydrogen (secondary N) is 2. The summed E-state index contributed by atoms with van der Waals surface area (Å²) in [5, 5.41) is 3.19. The maximum atomic E-state index is 13.5. The molecule has 0 saturated heterocycles. The molecule has 0 bridgehead atoms. The summed E-state index contributed by atoms with van der Waals surface area (Å²) in [6, 6.07) is 14.0. The van der Waals surface area contributed by atoms with Crippen molar-refractivity contribution in [2.45, 2.75) is 25.2 Å². The van der Waals surface area contributed by atoms with Crippen molar-refractivity contribution >= 4 is 23.3 Å². The molecule has 1 atom stereocenters. The zero-order chi connectivity index (χ0) is 25.7. The van der Waals surface area contributed by atoms with Crippen LogP contribution in [0.1, 0.15) is 52.2 Å². The molecule has 3 aliphatic rings. The van der Waals surface area contributed by atoms with E-state index in [1.54, 1.807) is 43.4 Å². The molecular weight excluding hydrogens is 470 g/mol. The van der Waals surface area contributed by atoms with Crippen molar-refractivity contribution in [1.82, 2.24) is 9.55 Å². The first-order chi connectivity index (χ1) is 17.9. The summed E-state index contributed by atoms with van der Waals surface area (Å²) in [5.41, 5.74) is 3.16. The fraction of sp³-hybridized carbons (Fsp3) is 0.172. The molecule has 0 fully saturated rings.